The van der Waals surface area contributed by atoms with Crippen molar-refractivity contribution >= 4 is 21.8 Å². The number of ether oxygens (including phenoxy) is 1. The summed E-state index contributed by atoms with van der Waals surface area (Å²) in [6, 6.07) is 5.51. The highest BCUT2D eigenvalue weighted by Gasteiger charge is 2.30. The lowest BCUT2D eigenvalue weighted by atomic mass is 9.78. The quantitative estimate of drug-likeness (QED) is 0.829. The van der Waals surface area contributed by atoms with E-state index < -0.39 is 0 Å². The van der Waals surface area contributed by atoms with Gasteiger partial charge in [-0.1, -0.05) is 20.3 Å². The van der Waals surface area contributed by atoms with Gasteiger partial charge in [0.15, 0.2) is 0 Å². The Morgan fingerprint density at radius 1 is 1.40 bits per heavy atom. The largest absolute Gasteiger partial charge is 0.496 e. The summed E-state index contributed by atoms with van der Waals surface area (Å²) in [5, 5.41) is 0. The van der Waals surface area contributed by atoms with Crippen molar-refractivity contribution in [1.82, 2.24) is 4.90 Å². The second-order valence-corrected chi connectivity index (χ2v) is 6.66. The number of carbonyl (C=O) groups is 1. The molecule has 0 aliphatic carbocycles. The monoisotopic (exact) mass is 339 g/mol. The summed E-state index contributed by atoms with van der Waals surface area (Å²) in [4.78, 5) is 14.5. The topological polar surface area (TPSA) is 29.5 Å². The van der Waals surface area contributed by atoms with Crippen molar-refractivity contribution in [2.24, 2.45) is 5.41 Å². The van der Waals surface area contributed by atoms with Crippen molar-refractivity contribution < 1.29 is 9.53 Å². The van der Waals surface area contributed by atoms with Gasteiger partial charge in [-0.2, -0.15) is 0 Å². The van der Waals surface area contributed by atoms with Crippen molar-refractivity contribution in [1.29, 1.82) is 0 Å². The van der Waals surface area contributed by atoms with E-state index in [2.05, 4.69) is 29.8 Å². The molecule has 4 heteroatoms. The average molecular weight is 340 g/mol. The van der Waals surface area contributed by atoms with E-state index in [1.54, 1.807) is 7.11 Å². The fourth-order valence-corrected chi connectivity index (χ4v) is 3.13. The molecule has 0 aromatic heterocycles. The Morgan fingerprint density at radius 3 is 2.55 bits per heavy atom. The molecule has 0 saturated carbocycles. The van der Waals surface area contributed by atoms with E-state index >= 15 is 0 Å². The normalized spacial score (nSPS) is 17.9. The van der Waals surface area contributed by atoms with Crippen LogP contribution in [0.4, 0.5) is 0 Å². The minimum atomic E-state index is 0.117. The van der Waals surface area contributed by atoms with E-state index in [0.29, 0.717) is 5.41 Å². The predicted molar refractivity (Wildman–Crippen MR) is 84.2 cm³/mol. The molecule has 1 saturated heterocycles. The Hall–Kier alpha value is -1.03. The Labute approximate surface area is 129 Å². The number of halogens is 1. The second kappa shape index (κ2) is 6.17. The number of rotatable bonds is 3. The van der Waals surface area contributed by atoms with Crippen LogP contribution in [0.3, 0.4) is 0 Å². The average Bonchev–Trinajstić information content (AvgIpc) is 2.47. The number of amides is 1. The molecule has 2 rings (SSSR count). The summed E-state index contributed by atoms with van der Waals surface area (Å²) in [6.45, 7) is 6.26. The van der Waals surface area contributed by atoms with Gasteiger partial charge in [0, 0.05) is 18.7 Å². The van der Waals surface area contributed by atoms with Gasteiger partial charge in [-0.3, -0.25) is 4.79 Å². The van der Waals surface area contributed by atoms with Gasteiger partial charge in [-0.15, -0.1) is 0 Å². The van der Waals surface area contributed by atoms with Crippen LogP contribution in [-0.4, -0.2) is 31.0 Å². The minimum Gasteiger partial charge on any atom is -0.496 e. The van der Waals surface area contributed by atoms with Crippen LogP contribution in [-0.2, 0) is 0 Å². The van der Waals surface area contributed by atoms with Crippen LogP contribution in [0.2, 0.25) is 0 Å². The molecule has 20 heavy (non-hydrogen) atoms. The lowest BCUT2D eigenvalue weighted by Crippen LogP contribution is -2.41. The molecule has 1 aliphatic rings. The maximum absolute atomic E-state index is 12.5. The Bertz CT molecular complexity index is 493. The van der Waals surface area contributed by atoms with Gasteiger partial charge in [-0.05, 0) is 52.4 Å². The summed E-state index contributed by atoms with van der Waals surface area (Å²) < 4.78 is 6.02. The van der Waals surface area contributed by atoms with Crippen LogP contribution in [0.15, 0.2) is 22.7 Å². The Balaban J connectivity index is 2.07. The third-order valence-electron chi connectivity index (χ3n) is 4.51. The number of methoxy groups -OCH3 is 1. The van der Waals surface area contributed by atoms with E-state index in [9.17, 15) is 4.79 Å². The van der Waals surface area contributed by atoms with E-state index in [1.165, 1.54) is 6.42 Å². The molecule has 0 unspecified atom stereocenters. The van der Waals surface area contributed by atoms with Crippen LogP contribution < -0.4 is 4.74 Å². The van der Waals surface area contributed by atoms with E-state index in [4.69, 9.17) is 4.74 Å². The summed E-state index contributed by atoms with van der Waals surface area (Å²) in [5.74, 6) is 0.866. The molecular weight excluding hydrogens is 318 g/mol. The molecule has 0 bridgehead atoms. The number of piperidine rings is 1. The number of hydrogen-bond acceptors (Lipinski definition) is 2. The summed E-state index contributed by atoms with van der Waals surface area (Å²) in [7, 11) is 1.62. The maximum Gasteiger partial charge on any atom is 0.253 e. The van der Waals surface area contributed by atoms with Gasteiger partial charge in [0.05, 0.1) is 11.6 Å². The molecule has 1 aromatic carbocycles. The fourth-order valence-electron chi connectivity index (χ4n) is 2.59. The molecule has 0 radical (unpaired) electrons. The van der Waals surface area contributed by atoms with Crippen molar-refractivity contribution in [3.05, 3.63) is 28.2 Å². The van der Waals surface area contributed by atoms with Crippen LogP contribution in [0, 0.1) is 5.41 Å². The Kier molecular flexibility index (Phi) is 4.74. The van der Waals surface area contributed by atoms with Gasteiger partial charge < -0.3 is 9.64 Å². The number of likely N-dealkylation sites (tertiary alicyclic amines) is 1. The summed E-state index contributed by atoms with van der Waals surface area (Å²) in [6.07, 6.45) is 3.36. The third kappa shape index (κ3) is 3.17. The summed E-state index contributed by atoms with van der Waals surface area (Å²) in [5.41, 5.74) is 1.12. The number of carbonyl (C=O) groups excluding carboxylic acids is 1. The van der Waals surface area contributed by atoms with Crippen LogP contribution in [0.5, 0.6) is 5.75 Å². The van der Waals surface area contributed by atoms with Crippen molar-refractivity contribution in [2.75, 3.05) is 20.2 Å². The number of hydrogen-bond donors (Lipinski definition) is 0. The minimum absolute atomic E-state index is 0.117. The highest BCUT2D eigenvalue weighted by atomic mass is 79.9. The highest BCUT2D eigenvalue weighted by molar-refractivity contribution is 9.10. The summed E-state index contributed by atoms with van der Waals surface area (Å²) >= 11 is 3.43. The van der Waals surface area contributed by atoms with Crippen molar-refractivity contribution in [3.63, 3.8) is 0 Å². The predicted octanol–water partition coefficient (Wildman–Crippen LogP) is 4.11. The lowest BCUT2D eigenvalue weighted by molar-refractivity contribution is 0.0600. The van der Waals surface area contributed by atoms with Crippen molar-refractivity contribution in [2.45, 2.75) is 33.1 Å². The zero-order chi connectivity index (χ0) is 14.8. The smallest absolute Gasteiger partial charge is 0.253 e. The molecule has 0 spiro atoms. The molecule has 3 nitrogen and oxygen atoms in total. The highest BCUT2D eigenvalue weighted by Crippen LogP contribution is 2.34. The third-order valence-corrected chi connectivity index (χ3v) is 5.13. The maximum atomic E-state index is 12.5. The van der Waals surface area contributed by atoms with E-state index in [-0.39, 0.29) is 5.91 Å². The molecule has 1 heterocycles. The van der Waals surface area contributed by atoms with Gasteiger partial charge in [0.25, 0.3) is 5.91 Å². The molecule has 0 N–H and O–H groups in total. The molecule has 0 atom stereocenters. The molecule has 1 amide bonds. The zero-order valence-corrected chi connectivity index (χ0v) is 14.0. The van der Waals surface area contributed by atoms with Crippen LogP contribution in [0.25, 0.3) is 0 Å². The number of nitrogens with zero attached hydrogens (tertiary/aromatic N) is 1. The van der Waals surface area contributed by atoms with Gasteiger partial charge in [0.1, 0.15) is 5.75 Å². The van der Waals surface area contributed by atoms with Gasteiger partial charge in [-0.25, -0.2) is 0 Å². The van der Waals surface area contributed by atoms with E-state index in [1.807, 2.05) is 23.1 Å². The fraction of sp³-hybridized carbons (Fsp3) is 0.562. The van der Waals surface area contributed by atoms with Crippen LogP contribution in [0.1, 0.15) is 43.5 Å². The molecule has 110 valence electrons. The van der Waals surface area contributed by atoms with Crippen LogP contribution >= 0.6 is 15.9 Å². The standard InChI is InChI=1S/C16H22BrNO2/c1-4-16(2)7-9-18(10-8-16)15(19)12-5-6-14(20-3)13(17)11-12/h5-6,11H,4,7-10H2,1-3H3. The second-order valence-electron chi connectivity index (χ2n) is 5.81. The first kappa shape index (κ1) is 15.4. The number of benzene rings is 1. The molecule has 1 fully saturated rings. The van der Waals surface area contributed by atoms with E-state index in [0.717, 1.165) is 41.7 Å². The first-order valence-corrected chi connectivity index (χ1v) is 7.91. The lowest BCUT2D eigenvalue weighted by Gasteiger charge is -2.39. The van der Waals surface area contributed by atoms with Gasteiger partial charge >= 0.3 is 0 Å². The zero-order valence-electron chi connectivity index (χ0n) is 12.4. The van der Waals surface area contributed by atoms with Gasteiger partial charge in [0.2, 0.25) is 0 Å². The first-order valence-electron chi connectivity index (χ1n) is 7.12. The van der Waals surface area contributed by atoms with Crippen molar-refractivity contribution in [3.8, 4) is 5.75 Å². The first-order chi connectivity index (χ1) is 9.49. The molecule has 1 aromatic rings. The molecular formula is C16H22BrNO2. The molecule has 1 aliphatic heterocycles. The Morgan fingerprint density at radius 2 is 2.05 bits per heavy atom. The SMILES string of the molecule is CCC1(C)CCN(C(=O)c2ccc(OC)c(Br)c2)CC1.